The van der Waals surface area contributed by atoms with Crippen LogP contribution in [0.15, 0.2) is 41.5 Å². The van der Waals surface area contributed by atoms with Crippen LogP contribution >= 0.6 is 0 Å². The zero-order chi connectivity index (χ0) is 16.8. The molecule has 5 heteroatoms. The molecule has 1 aliphatic rings. The fraction of sp³-hybridized carbons (Fsp3) is 0.474. The molecule has 3 N–H and O–H groups in total. The first-order chi connectivity index (χ1) is 11.7. The van der Waals surface area contributed by atoms with Gasteiger partial charge in [-0.2, -0.15) is 5.10 Å². The van der Waals surface area contributed by atoms with Gasteiger partial charge in [0, 0.05) is 30.4 Å². The standard InChI is InChI=1S/C19H27N5/c1-24-14-16(18(23-24)15-9-5-4-6-10-15)13-21-19(20)22-17-11-7-2-3-8-12-17/h4-6,9-10,14,17H,2-3,7-8,11-13H2,1H3,(H3,20,21,22). The molecule has 0 unspecified atom stereocenters. The Bertz CT molecular complexity index is 666. The van der Waals surface area contributed by atoms with Crippen LogP contribution in [-0.4, -0.2) is 21.8 Å². The molecule has 0 radical (unpaired) electrons. The maximum atomic E-state index is 6.11. The predicted octanol–water partition coefficient (Wildman–Crippen LogP) is 3.21. The Hall–Kier alpha value is -2.30. The van der Waals surface area contributed by atoms with E-state index in [9.17, 15) is 0 Å². The van der Waals surface area contributed by atoms with Crippen molar-refractivity contribution in [2.45, 2.75) is 51.1 Å². The van der Waals surface area contributed by atoms with Gasteiger partial charge in [-0.15, -0.1) is 0 Å². The van der Waals surface area contributed by atoms with Crippen LogP contribution in [0.2, 0.25) is 0 Å². The lowest BCUT2D eigenvalue weighted by Crippen LogP contribution is -2.39. The summed E-state index contributed by atoms with van der Waals surface area (Å²) in [5.74, 6) is 0.546. The van der Waals surface area contributed by atoms with E-state index >= 15 is 0 Å². The van der Waals surface area contributed by atoms with Gasteiger partial charge in [-0.25, -0.2) is 4.99 Å². The molecule has 3 rings (SSSR count). The molecular formula is C19H27N5. The van der Waals surface area contributed by atoms with Gasteiger partial charge in [-0.3, -0.25) is 4.68 Å². The van der Waals surface area contributed by atoms with Crippen LogP contribution in [0.5, 0.6) is 0 Å². The molecule has 2 aromatic rings. The Morgan fingerprint density at radius 2 is 1.92 bits per heavy atom. The van der Waals surface area contributed by atoms with Crippen LogP contribution in [0, 0.1) is 0 Å². The molecule has 128 valence electrons. The Labute approximate surface area is 144 Å². The molecule has 0 atom stereocenters. The van der Waals surface area contributed by atoms with Gasteiger partial charge in [0.1, 0.15) is 0 Å². The van der Waals surface area contributed by atoms with Crippen molar-refractivity contribution in [3.05, 3.63) is 42.1 Å². The first kappa shape index (κ1) is 16.6. The van der Waals surface area contributed by atoms with Crippen molar-refractivity contribution in [3.63, 3.8) is 0 Å². The SMILES string of the molecule is Cn1cc(CN=C(N)NC2CCCCCC2)c(-c2ccccc2)n1. The molecule has 0 amide bonds. The number of aromatic nitrogens is 2. The van der Waals surface area contributed by atoms with Crippen molar-refractivity contribution in [3.8, 4) is 11.3 Å². The van der Waals surface area contributed by atoms with E-state index < -0.39 is 0 Å². The summed E-state index contributed by atoms with van der Waals surface area (Å²) in [5, 5.41) is 7.97. The highest BCUT2D eigenvalue weighted by atomic mass is 15.3. The van der Waals surface area contributed by atoms with E-state index in [0.717, 1.165) is 16.8 Å². The number of hydrogen-bond acceptors (Lipinski definition) is 2. The minimum Gasteiger partial charge on any atom is -0.370 e. The van der Waals surface area contributed by atoms with Crippen molar-refractivity contribution in [2.75, 3.05) is 0 Å². The number of aryl methyl sites for hydroxylation is 1. The van der Waals surface area contributed by atoms with Crippen LogP contribution in [0.25, 0.3) is 11.3 Å². The molecule has 0 spiro atoms. The Morgan fingerprint density at radius 3 is 2.62 bits per heavy atom. The van der Waals surface area contributed by atoms with Gasteiger partial charge in [0.05, 0.1) is 12.2 Å². The summed E-state index contributed by atoms with van der Waals surface area (Å²) in [7, 11) is 1.94. The van der Waals surface area contributed by atoms with Crippen LogP contribution in [0.4, 0.5) is 0 Å². The number of aliphatic imine (C=N–C) groups is 1. The molecule has 0 saturated heterocycles. The Kier molecular flexibility index (Phi) is 5.51. The number of nitrogens with one attached hydrogen (secondary N) is 1. The van der Waals surface area contributed by atoms with Gasteiger partial charge in [-0.05, 0) is 12.8 Å². The maximum Gasteiger partial charge on any atom is 0.189 e. The third-order valence-corrected chi connectivity index (χ3v) is 4.58. The molecule has 0 bridgehead atoms. The average molecular weight is 325 g/mol. The van der Waals surface area contributed by atoms with Crippen LogP contribution in [0.3, 0.4) is 0 Å². The van der Waals surface area contributed by atoms with E-state index in [4.69, 9.17) is 5.73 Å². The summed E-state index contributed by atoms with van der Waals surface area (Å²) in [6, 6.07) is 10.7. The number of nitrogens with zero attached hydrogens (tertiary/aromatic N) is 3. The summed E-state index contributed by atoms with van der Waals surface area (Å²) in [6.07, 6.45) is 9.65. The Balaban J connectivity index is 1.67. The van der Waals surface area contributed by atoms with Crippen molar-refractivity contribution in [1.82, 2.24) is 15.1 Å². The third kappa shape index (κ3) is 4.37. The fourth-order valence-corrected chi connectivity index (χ4v) is 3.34. The molecule has 0 aliphatic heterocycles. The lowest BCUT2D eigenvalue weighted by Gasteiger charge is -2.16. The van der Waals surface area contributed by atoms with E-state index in [0.29, 0.717) is 18.5 Å². The zero-order valence-corrected chi connectivity index (χ0v) is 14.4. The first-order valence-electron chi connectivity index (χ1n) is 8.87. The number of benzene rings is 1. The van der Waals surface area contributed by atoms with Crippen molar-refractivity contribution in [1.29, 1.82) is 0 Å². The molecule has 1 aliphatic carbocycles. The monoisotopic (exact) mass is 325 g/mol. The van der Waals surface area contributed by atoms with E-state index in [1.54, 1.807) is 0 Å². The molecule has 1 aromatic heterocycles. The number of nitrogens with two attached hydrogens (primary N) is 1. The van der Waals surface area contributed by atoms with Crippen molar-refractivity contribution in [2.24, 2.45) is 17.8 Å². The molecule has 1 fully saturated rings. The number of hydrogen-bond donors (Lipinski definition) is 2. The van der Waals surface area contributed by atoms with Gasteiger partial charge in [0.2, 0.25) is 0 Å². The summed E-state index contributed by atoms with van der Waals surface area (Å²) in [6.45, 7) is 0.545. The lowest BCUT2D eigenvalue weighted by atomic mass is 10.1. The van der Waals surface area contributed by atoms with Crippen molar-refractivity contribution < 1.29 is 0 Å². The maximum absolute atomic E-state index is 6.11. The highest BCUT2D eigenvalue weighted by molar-refractivity contribution is 5.78. The molecule has 1 heterocycles. The van der Waals surface area contributed by atoms with E-state index in [2.05, 4.69) is 27.5 Å². The highest BCUT2D eigenvalue weighted by Crippen LogP contribution is 2.22. The van der Waals surface area contributed by atoms with Gasteiger partial charge in [0.15, 0.2) is 5.96 Å². The number of rotatable bonds is 4. The van der Waals surface area contributed by atoms with Gasteiger partial charge in [-0.1, -0.05) is 56.0 Å². The first-order valence-corrected chi connectivity index (χ1v) is 8.87. The summed E-state index contributed by atoms with van der Waals surface area (Å²) < 4.78 is 1.84. The third-order valence-electron chi connectivity index (χ3n) is 4.58. The molecule has 1 saturated carbocycles. The summed E-state index contributed by atoms with van der Waals surface area (Å²) >= 11 is 0. The highest BCUT2D eigenvalue weighted by Gasteiger charge is 2.13. The van der Waals surface area contributed by atoms with E-state index in [1.165, 1.54) is 38.5 Å². The topological polar surface area (TPSA) is 68.2 Å². The van der Waals surface area contributed by atoms with Crippen LogP contribution in [0.1, 0.15) is 44.1 Å². The second kappa shape index (κ2) is 7.99. The average Bonchev–Trinajstić information content (AvgIpc) is 2.79. The quantitative estimate of drug-likeness (QED) is 0.515. The van der Waals surface area contributed by atoms with E-state index in [-0.39, 0.29) is 0 Å². The minimum atomic E-state index is 0.471. The fourth-order valence-electron chi connectivity index (χ4n) is 3.34. The lowest BCUT2D eigenvalue weighted by molar-refractivity contribution is 0.530. The van der Waals surface area contributed by atoms with Crippen molar-refractivity contribution >= 4 is 5.96 Å². The van der Waals surface area contributed by atoms with Gasteiger partial charge < -0.3 is 11.1 Å². The molecular weight excluding hydrogens is 298 g/mol. The number of guanidine groups is 1. The molecule has 1 aromatic carbocycles. The van der Waals surface area contributed by atoms with Gasteiger partial charge in [0.25, 0.3) is 0 Å². The smallest absolute Gasteiger partial charge is 0.189 e. The van der Waals surface area contributed by atoms with Crippen LogP contribution in [-0.2, 0) is 13.6 Å². The largest absolute Gasteiger partial charge is 0.370 e. The summed E-state index contributed by atoms with van der Waals surface area (Å²) in [5.41, 5.74) is 9.29. The van der Waals surface area contributed by atoms with Crippen LogP contribution < -0.4 is 11.1 Å². The second-order valence-corrected chi connectivity index (χ2v) is 6.58. The van der Waals surface area contributed by atoms with E-state index in [1.807, 2.05) is 36.1 Å². The second-order valence-electron chi connectivity index (χ2n) is 6.58. The predicted molar refractivity (Wildman–Crippen MR) is 98.6 cm³/mol. The minimum absolute atomic E-state index is 0.471. The normalized spacial score (nSPS) is 16.8. The summed E-state index contributed by atoms with van der Waals surface area (Å²) in [4.78, 5) is 4.55. The zero-order valence-electron chi connectivity index (χ0n) is 14.4. The molecule has 5 nitrogen and oxygen atoms in total. The van der Waals surface area contributed by atoms with Gasteiger partial charge >= 0.3 is 0 Å². The molecule has 24 heavy (non-hydrogen) atoms. The Morgan fingerprint density at radius 1 is 1.21 bits per heavy atom.